The van der Waals surface area contributed by atoms with E-state index in [0.717, 1.165) is 64.7 Å². The molecule has 2 aliphatic rings. The number of carbonyl (C=O) groups is 1. The molecule has 4 nitrogen and oxygen atoms in total. The summed E-state index contributed by atoms with van der Waals surface area (Å²) in [6.07, 6.45) is 7.18. The Balaban J connectivity index is 1.65. The molecule has 2 fully saturated rings. The Morgan fingerprint density at radius 3 is 2.59 bits per heavy atom. The fourth-order valence-corrected chi connectivity index (χ4v) is 2.83. The average molecular weight is 240 g/mol. The number of ether oxygens (including phenoxy) is 1. The van der Waals surface area contributed by atoms with E-state index in [-0.39, 0.29) is 5.91 Å². The summed E-state index contributed by atoms with van der Waals surface area (Å²) in [6, 6.07) is 0. The number of amides is 1. The van der Waals surface area contributed by atoms with Gasteiger partial charge in [0, 0.05) is 19.8 Å². The van der Waals surface area contributed by atoms with Crippen molar-refractivity contribution in [2.75, 3.05) is 19.8 Å². The molecule has 1 saturated heterocycles. The van der Waals surface area contributed by atoms with E-state index in [1.165, 1.54) is 0 Å². The van der Waals surface area contributed by atoms with Crippen LogP contribution in [-0.2, 0) is 9.53 Å². The zero-order valence-corrected chi connectivity index (χ0v) is 10.5. The van der Waals surface area contributed by atoms with Crippen molar-refractivity contribution in [3.05, 3.63) is 0 Å². The SMILES string of the molecule is NC1(C(=O)NCCC2CCOCC2)CCCC1. The summed E-state index contributed by atoms with van der Waals surface area (Å²) < 4.78 is 5.32. The summed E-state index contributed by atoms with van der Waals surface area (Å²) in [4.78, 5) is 11.9. The quantitative estimate of drug-likeness (QED) is 0.776. The maximum Gasteiger partial charge on any atom is 0.240 e. The van der Waals surface area contributed by atoms with Crippen molar-refractivity contribution >= 4 is 5.91 Å². The Hall–Kier alpha value is -0.610. The molecule has 98 valence electrons. The van der Waals surface area contributed by atoms with E-state index in [1.54, 1.807) is 0 Å². The van der Waals surface area contributed by atoms with Crippen LogP contribution in [-0.4, -0.2) is 31.2 Å². The molecule has 0 spiro atoms. The van der Waals surface area contributed by atoms with Crippen LogP contribution in [0.5, 0.6) is 0 Å². The smallest absolute Gasteiger partial charge is 0.240 e. The molecule has 1 aliphatic carbocycles. The first-order valence-corrected chi connectivity index (χ1v) is 6.86. The molecule has 17 heavy (non-hydrogen) atoms. The van der Waals surface area contributed by atoms with Crippen molar-refractivity contribution in [3.8, 4) is 0 Å². The van der Waals surface area contributed by atoms with E-state index in [9.17, 15) is 4.79 Å². The lowest BCUT2D eigenvalue weighted by Crippen LogP contribution is -2.52. The van der Waals surface area contributed by atoms with E-state index in [0.29, 0.717) is 5.92 Å². The van der Waals surface area contributed by atoms with Crippen molar-refractivity contribution in [1.29, 1.82) is 0 Å². The van der Waals surface area contributed by atoms with Crippen LogP contribution in [0.25, 0.3) is 0 Å². The molecular formula is C13H24N2O2. The molecule has 3 N–H and O–H groups in total. The van der Waals surface area contributed by atoms with Crippen LogP contribution in [0, 0.1) is 5.92 Å². The molecule has 0 aromatic heterocycles. The molecule has 1 heterocycles. The Morgan fingerprint density at radius 1 is 1.29 bits per heavy atom. The molecule has 0 unspecified atom stereocenters. The summed E-state index contributed by atoms with van der Waals surface area (Å²) in [5.41, 5.74) is 5.52. The first-order chi connectivity index (χ1) is 8.21. The molecule has 0 aromatic rings. The largest absolute Gasteiger partial charge is 0.381 e. The summed E-state index contributed by atoms with van der Waals surface area (Å²) >= 11 is 0. The molecule has 0 aromatic carbocycles. The van der Waals surface area contributed by atoms with Gasteiger partial charge in [0.1, 0.15) is 0 Å². The highest BCUT2D eigenvalue weighted by Gasteiger charge is 2.36. The maximum absolute atomic E-state index is 11.9. The van der Waals surface area contributed by atoms with Crippen LogP contribution < -0.4 is 11.1 Å². The minimum atomic E-state index is -0.574. The zero-order valence-electron chi connectivity index (χ0n) is 10.5. The number of hydrogen-bond acceptors (Lipinski definition) is 3. The van der Waals surface area contributed by atoms with Crippen molar-refractivity contribution in [3.63, 3.8) is 0 Å². The minimum absolute atomic E-state index is 0.0575. The van der Waals surface area contributed by atoms with Crippen molar-refractivity contribution in [2.24, 2.45) is 11.7 Å². The van der Waals surface area contributed by atoms with Crippen LogP contribution in [0.2, 0.25) is 0 Å². The van der Waals surface area contributed by atoms with Gasteiger partial charge < -0.3 is 15.8 Å². The van der Waals surface area contributed by atoms with Gasteiger partial charge in [0.05, 0.1) is 5.54 Å². The molecule has 4 heteroatoms. The predicted octanol–water partition coefficient (Wildman–Crippen LogP) is 1.19. The van der Waals surface area contributed by atoms with Gasteiger partial charge in [-0.1, -0.05) is 12.8 Å². The second-order valence-corrected chi connectivity index (χ2v) is 5.46. The molecule has 0 atom stereocenters. The normalized spacial score (nSPS) is 24.8. The summed E-state index contributed by atoms with van der Waals surface area (Å²) in [5.74, 6) is 0.767. The van der Waals surface area contributed by atoms with Gasteiger partial charge in [-0.2, -0.15) is 0 Å². The lowest BCUT2D eigenvalue weighted by Gasteiger charge is -2.25. The van der Waals surface area contributed by atoms with E-state index in [1.807, 2.05) is 0 Å². The zero-order chi connectivity index (χ0) is 12.1. The van der Waals surface area contributed by atoms with Crippen molar-refractivity contribution < 1.29 is 9.53 Å². The first-order valence-electron chi connectivity index (χ1n) is 6.86. The molecule has 2 rings (SSSR count). The fourth-order valence-electron chi connectivity index (χ4n) is 2.83. The summed E-state index contributed by atoms with van der Waals surface area (Å²) in [5, 5.41) is 3.01. The lowest BCUT2D eigenvalue weighted by atomic mass is 9.95. The van der Waals surface area contributed by atoms with E-state index < -0.39 is 5.54 Å². The second kappa shape index (κ2) is 5.83. The first kappa shape index (κ1) is 12.8. The van der Waals surface area contributed by atoms with E-state index >= 15 is 0 Å². The Bertz CT molecular complexity index is 256. The lowest BCUT2D eigenvalue weighted by molar-refractivity contribution is -0.126. The Labute approximate surface area is 103 Å². The number of hydrogen-bond donors (Lipinski definition) is 2. The fraction of sp³-hybridized carbons (Fsp3) is 0.923. The second-order valence-electron chi connectivity index (χ2n) is 5.46. The highest BCUT2D eigenvalue weighted by Crippen LogP contribution is 2.27. The Kier molecular flexibility index (Phi) is 4.40. The average Bonchev–Trinajstić information content (AvgIpc) is 2.79. The number of carbonyl (C=O) groups excluding carboxylic acids is 1. The number of nitrogens with two attached hydrogens (primary N) is 1. The highest BCUT2D eigenvalue weighted by atomic mass is 16.5. The third-order valence-electron chi connectivity index (χ3n) is 4.13. The topological polar surface area (TPSA) is 64.4 Å². The van der Waals surface area contributed by atoms with Gasteiger partial charge in [-0.05, 0) is 38.0 Å². The highest BCUT2D eigenvalue weighted by molar-refractivity contribution is 5.86. The minimum Gasteiger partial charge on any atom is -0.381 e. The molecule has 1 amide bonds. The van der Waals surface area contributed by atoms with Gasteiger partial charge in [0.15, 0.2) is 0 Å². The Morgan fingerprint density at radius 2 is 1.94 bits per heavy atom. The molecule has 0 bridgehead atoms. The van der Waals surface area contributed by atoms with E-state index in [4.69, 9.17) is 10.5 Å². The third kappa shape index (κ3) is 3.42. The van der Waals surface area contributed by atoms with Gasteiger partial charge >= 0.3 is 0 Å². The number of nitrogens with one attached hydrogen (secondary N) is 1. The van der Waals surface area contributed by atoms with Gasteiger partial charge in [0.2, 0.25) is 5.91 Å². The molecular weight excluding hydrogens is 216 g/mol. The van der Waals surface area contributed by atoms with Crippen LogP contribution in [0.1, 0.15) is 44.9 Å². The molecule has 1 aliphatic heterocycles. The summed E-state index contributed by atoms with van der Waals surface area (Å²) in [7, 11) is 0. The third-order valence-corrected chi connectivity index (χ3v) is 4.13. The summed E-state index contributed by atoms with van der Waals surface area (Å²) in [6.45, 7) is 2.52. The van der Waals surface area contributed by atoms with Gasteiger partial charge in [-0.3, -0.25) is 4.79 Å². The van der Waals surface area contributed by atoms with Crippen LogP contribution >= 0.6 is 0 Å². The number of rotatable bonds is 4. The molecule has 1 saturated carbocycles. The van der Waals surface area contributed by atoms with E-state index in [2.05, 4.69) is 5.32 Å². The standard InChI is InChI=1S/C13H24N2O2/c14-13(6-1-2-7-13)12(16)15-8-3-11-4-9-17-10-5-11/h11H,1-10,14H2,(H,15,16). The monoisotopic (exact) mass is 240 g/mol. The van der Waals surface area contributed by atoms with Crippen LogP contribution in [0.3, 0.4) is 0 Å². The maximum atomic E-state index is 11.9. The molecule has 0 radical (unpaired) electrons. The van der Waals surface area contributed by atoms with Crippen LogP contribution in [0.4, 0.5) is 0 Å². The van der Waals surface area contributed by atoms with Crippen molar-refractivity contribution in [1.82, 2.24) is 5.32 Å². The predicted molar refractivity (Wildman–Crippen MR) is 66.6 cm³/mol. The van der Waals surface area contributed by atoms with Crippen molar-refractivity contribution in [2.45, 2.75) is 50.5 Å². The van der Waals surface area contributed by atoms with Gasteiger partial charge in [0.25, 0.3) is 0 Å². The van der Waals surface area contributed by atoms with Gasteiger partial charge in [-0.15, -0.1) is 0 Å². The van der Waals surface area contributed by atoms with Crippen LogP contribution in [0.15, 0.2) is 0 Å². The van der Waals surface area contributed by atoms with Gasteiger partial charge in [-0.25, -0.2) is 0 Å².